The number of rotatable bonds is 3. The molecule has 0 saturated heterocycles. The van der Waals surface area contributed by atoms with Crippen LogP contribution in [-0.4, -0.2) is 16.1 Å². The van der Waals surface area contributed by atoms with Crippen molar-refractivity contribution < 1.29 is 9.90 Å². The normalized spacial score (nSPS) is 9.89. The maximum Gasteiger partial charge on any atom is 0.354 e. The van der Waals surface area contributed by atoms with Crippen molar-refractivity contribution in [1.82, 2.24) is 4.98 Å². The first-order chi connectivity index (χ1) is 9.10. The minimum atomic E-state index is -1.05. The number of nitriles is 1. The number of carbonyl (C=O) groups is 1. The number of halogens is 1. The van der Waals surface area contributed by atoms with E-state index in [-0.39, 0.29) is 5.69 Å². The van der Waals surface area contributed by atoms with Gasteiger partial charge < -0.3 is 5.11 Å². The van der Waals surface area contributed by atoms with Crippen LogP contribution in [0.5, 0.6) is 0 Å². The first kappa shape index (κ1) is 13.6. The Balaban J connectivity index is 2.29. The van der Waals surface area contributed by atoms with Gasteiger partial charge >= 0.3 is 5.97 Å². The van der Waals surface area contributed by atoms with Crippen LogP contribution in [0.25, 0.3) is 0 Å². The number of aromatic nitrogens is 1. The Morgan fingerprint density at radius 3 is 2.79 bits per heavy atom. The Kier molecular flexibility index (Phi) is 4.20. The molecular formula is C13H7BrN2O2S. The Bertz CT molecular complexity index is 683. The quantitative estimate of drug-likeness (QED) is 0.928. The summed E-state index contributed by atoms with van der Waals surface area (Å²) in [5.41, 5.74) is 0.576. The van der Waals surface area contributed by atoms with Crippen LogP contribution in [0.2, 0.25) is 0 Å². The molecule has 0 aliphatic heterocycles. The smallest absolute Gasteiger partial charge is 0.354 e. The molecule has 6 heteroatoms. The fourth-order valence-corrected chi connectivity index (χ4v) is 2.84. The van der Waals surface area contributed by atoms with E-state index in [9.17, 15) is 4.79 Å². The molecule has 0 saturated carbocycles. The minimum Gasteiger partial charge on any atom is -0.477 e. The predicted molar refractivity (Wildman–Crippen MR) is 74.2 cm³/mol. The van der Waals surface area contributed by atoms with Crippen molar-refractivity contribution in [2.45, 2.75) is 9.79 Å². The van der Waals surface area contributed by atoms with Gasteiger partial charge in [-0.05, 0) is 46.3 Å². The third-order valence-corrected chi connectivity index (χ3v) is 4.22. The van der Waals surface area contributed by atoms with Gasteiger partial charge in [-0.3, -0.25) is 0 Å². The fraction of sp³-hybridized carbons (Fsp3) is 0. The van der Waals surface area contributed by atoms with Gasteiger partial charge in [0.2, 0.25) is 0 Å². The highest BCUT2D eigenvalue weighted by atomic mass is 79.9. The number of carboxylic acids is 1. The molecule has 0 unspecified atom stereocenters. The summed E-state index contributed by atoms with van der Waals surface area (Å²) < 4.78 is 0.797. The lowest BCUT2D eigenvalue weighted by Crippen LogP contribution is -1.99. The molecule has 0 fully saturated rings. The first-order valence-corrected chi connectivity index (χ1v) is 6.78. The van der Waals surface area contributed by atoms with Crippen molar-refractivity contribution in [1.29, 1.82) is 5.26 Å². The SMILES string of the molecule is N#Cc1ccc(Sc2ccnc(C(=O)O)c2)c(Br)c1. The summed E-state index contributed by atoms with van der Waals surface area (Å²) >= 11 is 4.79. The van der Waals surface area contributed by atoms with Gasteiger partial charge in [0.25, 0.3) is 0 Å². The molecule has 2 aromatic rings. The molecule has 0 aliphatic carbocycles. The molecule has 2 rings (SSSR count). The zero-order chi connectivity index (χ0) is 13.8. The summed E-state index contributed by atoms with van der Waals surface area (Å²) in [6.07, 6.45) is 1.46. The first-order valence-electron chi connectivity index (χ1n) is 5.17. The van der Waals surface area contributed by atoms with Gasteiger partial charge in [0.1, 0.15) is 5.69 Å². The predicted octanol–water partition coefficient (Wildman–Crippen LogP) is 3.57. The van der Waals surface area contributed by atoms with E-state index in [2.05, 4.69) is 27.0 Å². The molecule has 1 aromatic carbocycles. The van der Waals surface area contributed by atoms with E-state index in [1.54, 1.807) is 18.2 Å². The molecule has 0 spiro atoms. The number of pyridine rings is 1. The van der Waals surface area contributed by atoms with Crippen molar-refractivity contribution in [3.8, 4) is 6.07 Å². The van der Waals surface area contributed by atoms with E-state index >= 15 is 0 Å². The molecular weight excluding hydrogens is 328 g/mol. The number of nitrogens with zero attached hydrogens (tertiary/aromatic N) is 2. The second-order valence-electron chi connectivity index (χ2n) is 3.54. The van der Waals surface area contributed by atoms with Crippen LogP contribution < -0.4 is 0 Å². The number of hydrogen-bond donors (Lipinski definition) is 1. The molecule has 1 aromatic heterocycles. The Morgan fingerprint density at radius 1 is 1.37 bits per heavy atom. The number of hydrogen-bond acceptors (Lipinski definition) is 4. The van der Waals surface area contributed by atoms with Crippen LogP contribution in [0.3, 0.4) is 0 Å². The lowest BCUT2D eigenvalue weighted by Gasteiger charge is -2.05. The third-order valence-electron chi connectivity index (χ3n) is 2.24. The van der Waals surface area contributed by atoms with Gasteiger partial charge in [-0.1, -0.05) is 11.8 Å². The van der Waals surface area contributed by atoms with Crippen molar-refractivity contribution >= 4 is 33.7 Å². The van der Waals surface area contributed by atoms with Crippen LogP contribution >= 0.6 is 27.7 Å². The molecule has 4 nitrogen and oxygen atoms in total. The average Bonchev–Trinajstić information content (AvgIpc) is 2.41. The van der Waals surface area contributed by atoms with Crippen LogP contribution in [0.1, 0.15) is 16.1 Å². The van der Waals surface area contributed by atoms with Gasteiger partial charge in [-0.15, -0.1) is 0 Å². The topological polar surface area (TPSA) is 74.0 Å². The summed E-state index contributed by atoms with van der Waals surface area (Å²) in [5, 5.41) is 17.7. The van der Waals surface area contributed by atoms with E-state index in [0.29, 0.717) is 5.56 Å². The third kappa shape index (κ3) is 3.34. The van der Waals surface area contributed by atoms with E-state index in [0.717, 1.165) is 14.3 Å². The molecule has 0 bridgehead atoms. The fourth-order valence-electron chi connectivity index (χ4n) is 1.37. The molecule has 0 amide bonds. The second kappa shape index (κ2) is 5.87. The lowest BCUT2D eigenvalue weighted by molar-refractivity contribution is 0.0690. The standard InChI is InChI=1S/C13H7BrN2O2S/c14-10-5-8(7-15)1-2-12(10)19-9-3-4-16-11(6-9)13(17)18/h1-6H,(H,17,18). The molecule has 1 N–H and O–H groups in total. The Morgan fingerprint density at radius 2 is 2.16 bits per heavy atom. The van der Waals surface area contributed by atoms with Crippen molar-refractivity contribution in [3.05, 3.63) is 52.3 Å². The summed E-state index contributed by atoms with van der Waals surface area (Å²) in [7, 11) is 0. The van der Waals surface area contributed by atoms with Gasteiger partial charge in [0, 0.05) is 20.5 Å². The van der Waals surface area contributed by atoms with Gasteiger partial charge in [0.05, 0.1) is 11.6 Å². The molecule has 0 aliphatic rings. The number of carboxylic acid groups (broad SMARTS) is 1. The summed E-state index contributed by atoms with van der Waals surface area (Å²) in [4.78, 5) is 16.3. The van der Waals surface area contributed by atoms with Crippen molar-refractivity contribution in [3.63, 3.8) is 0 Å². The highest BCUT2D eigenvalue weighted by Gasteiger charge is 2.08. The Labute approximate surface area is 122 Å². The van der Waals surface area contributed by atoms with Crippen LogP contribution in [0, 0.1) is 11.3 Å². The zero-order valence-corrected chi connectivity index (χ0v) is 11.9. The number of benzene rings is 1. The minimum absolute atomic E-state index is 0.00904. The lowest BCUT2D eigenvalue weighted by atomic mass is 10.2. The molecule has 94 valence electrons. The molecule has 0 radical (unpaired) electrons. The summed E-state index contributed by atoms with van der Waals surface area (Å²) in [5.74, 6) is -1.05. The monoisotopic (exact) mass is 334 g/mol. The van der Waals surface area contributed by atoms with Crippen molar-refractivity contribution in [2.75, 3.05) is 0 Å². The van der Waals surface area contributed by atoms with Crippen molar-refractivity contribution in [2.24, 2.45) is 0 Å². The van der Waals surface area contributed by atoms with E-state index in [1.807, 2.05) is 6.07 Å². The molecule has 19 heavy (non-hydrogen) atoms. The van der Waals surface area contributed by atoms with E-state index in [1.165, 1.54) is 24.0 Å². The summed E-state index contributed by atoms with van der Waals surface area (Å²) in [6, 6.07) is 10.6. The van der Waals surface area contributed by atoms with Gasteiger partial charge in [0.15, 0.2) is 0 Å². The Hall–Kier alpha value is -1.84. The summed E-state index contributed by atoms with van der Waals surface area (Å²) in [6.45, 7) is 0. The average molecular weight is 335 g/mol. The van der Waals surface area contributed by atoms with Gasteiger partial charge in [-0.2, -0.15) is 5.26 Å². The largest absolute Gasteiger partial charge is 0.477 e. The number of aromatic carboxylic acids is 1. The highest BCUT2D eigenvalue weighted by molar-refractivity contribution is 9.10. The van der Waals surface area contributed by atoms with Crippen LogP contribution in [0.15, 0.2) is 50.8 Å². The van der Waals surface area contributed by atoms with Crippen LogP contribution in [0.4, 0.5) is 0 Å². The molecule has 0 atom stereocenters. The van der Waals surface area contributed by atoms with Crippen LogP contribution in [-0.2, 0) is 0 Å². The zero-order valence-electron chi connectivity index (χ0n) is 9.50. The van der Waals surface area contributed by atoms with E-state index in [4.69, 9.17) is 10.4 Å². The maximum absolute atomic E-state index is 10.8. The maximum atomic E-state index is 10.8. The molecule has 1 heterocycles. The highest BCUT2D eigenvalue weighted by Crippen LogP contribution is 2.33. The second-order valence-corrected chi connectivity index (χ2v) is 5.51. The van der Waals surface area contributed by atoms with E-state index < -0.39 is 5.97 Å². The van der Waals surface area contributed by atoms with Gasteiger partial charge in [-0.25, -0.2) is 9.78 Å².